The van der Waals surface area contributed by atoms with Gasteiger partial charge < -0.3 is 9.84 Å². The van der Waals surface area contributed by atoms with Gasteiger partial charge in [0.1, 0.15) is 5.75 Å². The van der Waals surface area contributed by atoms with Gasteiger partial charge in [0, 0.05) is 18.4 Å². The molecule has 6 heteroatoms. The summed E-state index contributed by atoms with van der Waals surface area (Å²) in [5.74, 6) is 0.420. The van der Waals surface area contributed by atoms with Gasteiger partial charge in [0.25, 0.3) is 5.88 Å². The standard InChI is InChI=1S/C14H14N2O4/c1-10-6-7-12(16(18)19)14(15-10)20-13-5-3-2-4-11(13)8-9-17/h2-7,17H,8-9H2,1H3. The summed E-state index contributed by atoms with van der Waals surface area (Å²) in [7, 11) is 0. The molecule has 0 saturated carbocycles. The number of para-hydroxylation sites is 1. The zero-order valence-electron chi connectivity index (χ0n) is 10.9. The second kappa shape index (κ2) is 6.12. The van der Waals surface area contributed by atoms with E-state index in [0.717, 1.165) is 5.56 Å². The molecule has 2 rings (SSSR count). The number of benzene rings is 1. The third-order valence-electron chi connectivity index (χ3n) is 2.74. The molecule has 6 nitrogen and oxygen atoms in total. The summed E-state index contributed by atoms with van der Waals surface area (Å²) >= 11 is 0. The van der Waals surface area contributed by atoms with Crippen LogP contribution >= 0.6 is 0 Å². The average Bonchev–Trinajstić information content (AvgIpc) is 2.41. The van der Waals surface area contributed by atoms with Gasteiger partial charge in [-0.15, -0.1) is 0 Å². The molecule has 0 atom stereocenters. The lowest BCUT2D eigenvalue weighted by Crippen LogP contribution is -2.00. The number of hydrogen-bond donors (Lipinski definition) is 1. The molecule has 0 aliphatic rings. The zero-order chi connectivity index (χ0) is 14.5. The summed E-state index contributed by atoms with van der Waals surface area (Å²) in [6.45, 7) is 1.71. The van der Waals surface area contributed by atoms with Gasteiger partial charge in [-0.1, -0.05) is 18.2 Å². The van der Waals surface area contributed by atoms with Crippen molar-refractivity contribution in [2.24, 2.45) is 0 Å². The van der Waals surface area contributed by atoms with Gasteiger partial charge in [-0.3, -0.25) is 10.1 Å². The summed E-state index contributed by atoms with van der Waals surface area (Å²) in [4.78, 5) is 14.5. The Bertz CT molecular complexity index is 628. The lowest BCUT2D eigenvalue weighted by atomic mass is 10.1. The number of aryl methyl sites for hydroxylation is 1. The van der Waals surface area contributed by atoms with Crippen LogP contribution in [0, 0.1) is 17.0 Å². The van der Waals surface area contributed by atoms with Crippen LogP contribution in [0.1, 0.15) is 11.3 Å². The topological polar surface area (TPSA) is 85.5 Å². The highest BCUT2D eigenvalue weighted by Gasteiger charge is 2.18. The van der Waals surface area contributed by atoms with Crippen molar-refractivity contribution in [3.63, 3.8) is 0 Å². The first-order valence-electron chi connectivity index (χ1n) is 6.10. The molecule has 20 heavy (non-hydrogen) atoms. The monoisotopic (exact) mass is 274 g/mol. The smallest absolute Gasteiger partial charge is 0.331 e. The Morgan fingerprint density at radius 2 is 2.05 bits per heavy atom. The maximum atomic E-state index is 11.0. The Kier molecular flexibility index (Phi) is 4.27. The maximum Gasteiger partial charge on any atom is 0.331 e. The fourth-order valence-electron chi connectivity index (χ4n) is 1.77. The molecule has 0 bridgehead atoms. The van der Waals surface area contributed by atoms with E-state index in [0.29, 0.717) is 17.9 Å². The van der Waals surface area contributed by atoms with E-state index in [-0.39, 0.29) is 18.2 Å². The third-order valence-corrected chi connectivity index (χ3v) is 2.74. The minimum Gasteiger partial charge on any atom is -0.433 e. The Morgan fingerprint density at radius 1 is 1.30 bits per heavy atom. The fourth-order valence-corrected chi connectivity index (χ4v) is 1.77. The highest BCUT2D eigenvalue weighted by molar-refractivity contribution is 5.45. The van der Waals surface area contributed by atoms with E-state index in [9.17, 15) is 10.1 Å². The molecule has 1 N–H and O–H groups in total. The molecule has 0 aliphatic carbocycles. The van der Waals surface area contributed by atoms with Crippen molar-refractivity contribution in [1.29, 1.82) is 0 Å². The van der Waals surface area contributed by atoms with Crippen molar-refractivity contribution >= 4 is 5.69 Å². The molecule has 0 amide bonds. The SMILES string of the molecule is Cc1ccc([N+](=O)[O-])c(Oc2ccccc2CCO)n1. The van der Waals surface area contributed by atoms with Crippen LogP contribution in [0.25, 0.3) is 0 Å². The van der Waals surface area contributed by atoms with E-state index in [4.69, 9.17) is 9.84 Å². The van der Waals surface area contributed by atoms with E-state index in [1.807, 2.05) is 6.07 Å². The number of rotatable bonds is 5. The first kappa shape index (κ1) is 14.0. The molecule has 2 aromatic rings. The van der Waals surface area contributed by atoms with Gasteiger partial charge in [-0.25, -0.2) is 4.98 Å². The zero-order valence-corrected chi connectivity index (χ0v) is 10.9. The van der Waals surface area contributed by atoms with Crippen LogP contribution in [0.15, 0.2) is 36.4 Å². The van der Waals surface area contributed by atoms with E-state index in [2.05, 4.69) is 4.98 Å². The molecule has 1 aromatic carbocycles. The van der Waals surface area contributed by atoms with Crippen LogP contribution < -0.4 is 4.74 Å². The molecule has 0 radical (unpaired) electrons. The van der Waals surface area contributed by atoms with Crippen LogP contribution in [0.5, 0.6) is 11.6 Å². The second-order valence-corrected chi connectivity index (χ2v) is 4.22. The largest absolute Gasteiger partial charge is 0.433 e. The molecule has 1 heterocycles. The van der Waals surface area contributed by atoms with Gasteiger partial charge in [-0.05, 0) is 31.0 Å². The van der Waals surface area contributed by atoms with Crippen LogP contribution in [-0.4, -0.2) is 21.6 Å². The van der Waals surface area contributed by atoms with Crippen molar-refractivity contribution in [1.82, 2.24) is 4.98 Å². The summed E-state index contributed by atoms with van der Waals surface area (Å²) in [6, 6.07) is 10.00. The van der Waals surface area contributed by atoms with Gasteiger partial charge >= 0.3 is 5.69 Å². The molecule has 0 unspecified atom stereocenters. The number of aromatic nitrogens is 1. The van der Waals surface area contributed by atoms with E-state index in [1.165, 1.54) is 6.07 Å². The van der Waals surface area contributed by atoms with Crippen molar-refractivity contribution in [2.45, 2.75) is 13.3 Å². The normalized spacial score (nSPS) is 10.3. The van der Waals surface area contributed by atoms with Gasteiger partial charge in [0.2, 0.25) is 0 Å². The quantitative estimate of drug-likeness (QED) is 0.669. The second-order valence-electron chi connectivity index (χ2n) is 4.22. The van der Waals surface area contributed by atoms with E-state index >= 15 is 0 Å². The summed E-state index contributed by atoms with van der Waals surface area (Å²) < 4.78 is 5.57. The number of nitro groups is 1. The Labute approximate surface area is 115 Å². The Hall–Kier alpha value is -2.47. The minimum absolute atomic E-state index is 0.0241. The maximum absolute atomic E-state index is 11.0. The summed E-state index contributed by atoms with van der Waals surface area (Å²) in [5.41, 5.74) is 1.22. The summed E-state index contributed by atoms with van der Waals surface area (Å²) in [5, 5.41) is 20.0. The summed E-state index contributed by atoms with van der Waals surface area (Å²) in [6.07, 6.45) is 0.412. The first-order chi connectivity index (χ1) is 9.61. The average molecular weight is 274 g/mol. The molecule has 1 aromatic heterocycles. The molecule has 0 aliphatic heterocycles. The first-order valence-corrected chi connectivity index (χ1v) is 6.10. The van der Waals surface area contributed by atoms with Crippen LogP contribution in [0.4, 0.5) is 5.69 Å². The molecular formula is C14H14N2O4. The van der Waals surface area contributed by atoms with Gasteiger partial charge in [0.05, 0.1) is 4.92 Å². The number of aliphatic hydroxyl groups excluding tert-OH is 1. The third kappa shape index (κ3) is 3.10. The number of nitrogens with zero attached hydrogens (tertiary/aromatic N) is 2. The lowest BCUT2D eigenvalue weighted by molar-refractivity contribution is -0.386. The number of pyridine rings is 1. The van der Waals surface area contributed by atoms with Crippen molar-refractivity contribution in [3.8, 4) is 11.6 Å². The Balaban J connectivity index is 2.39. The highest BCUT2D eigenvalue weighted by atomic mass is 16.6. The number of aliphatic hydroxyl groups is 1. The fraction of sp³-hybridized carbons (Fsp3) is 0.214. The van der Waals surface area contributed by atoms with Gasteiger partial charge in [0.15, 0.2) is 0 Å². The van der Waals surface area contributed by atoms with E-state index in [1.54, 1.807) is 31.2 Å². The van der Waals surface area contributed by atoms with Crippen LogP contribution in [0.2, 0.25) is 0 Å². The molecule has 0 fully saturated rings. The van der Waals surface area contributed by atoms with Crippen molar-refractivity contribution < 1.29 is 14.8 Å². The predicted octanol–water partition coefficient (Wildman–Crippen LogP) is 2.63. The number of ether oxygens (including phenoxy) is 1. The molecule has 0 spiro atoms. The predicted molar refractivity (Wildman–Crippen MR) is 72.9 cm³/mol. The van der Waals surface area contributed by atoms with Crippen LogP contribution in [0.3, 0.4) is 0 Å². The van der Waals surface area contributed by atoms with Crippen molar-refractivity contribution in [2.75, 3.05) is 6.61 Å². The molecular weight excluding hydrogens is 260 g/mol. The van der Waals surface area contributed by atoms with Gasteiger partial charge in [-0.2, -0.15) is 0 Å². The molecule has 0 saturated heterocycles. The van der Waals surface area contributed by atoms with Crippen LogP contribution in [-0.2, 0) is 6.42 Å². The number of hydrogen-bond acceptors (Lipinski definition) is 5. The molecule has 104 valence electrons. The Morgan fingerprint density at radius 3 is 2.75 bits per heavy atom. The highest BCUT2D eigenvalue weighted by Crippen LogP contribution is 2.31. The lowest BCUT2D eigenvalue weighted by Gasteiger charge is -2.10. The minimum atomic E-state index is -0.531. The van der Waals surface area contributed by atoms with E-state index < -0.39 is 4.92 Å². The van der Waals surface area contributed by atoms with Crippen molar-refractivity contribution in [3.05, 3.63) is 57.8 Å².